The molecule has 0 saturated carbocycles. The lowest BCUT2D eigenvalue weighted by molar-refractivity contribution is 0.627. The van der Waals surface area contributed by atoms with Crippen molar-refractivity contribution in [2.24, 2.45) is 0 Å². The topological polar surface area (TPSA) is 37.8 Å². The fourth-order valence-corrected chi connectivity index (χ4v) is 3.20. The number of rotatable bonds is 5. The molecule has 21 heavy (non-hydrogen) atoms. The first kappa shape index (κ1) is 16.6. The number of benzene rings is 1. The average Bonchev–Trinajstić information content (AvgIpc) is 2.43. The molecular weight excluding hydrogens is 448 g/mol. The van der Waals surface area contributed by atoms with Crippen molar-refractivity contribution in [3.05, 3.63) is 37.8 Å². The third-order valence-electron chi connectivity index (χ3n) is 2.92. The van der Waals surface area contributed by atoms with Crippen LogP contribution in [0.15, 0.2) is 22.7 Å². The molecule has 0 spiro atoms. The third-order valence-corrected chi connectivity index (χ3v) is 4.71. The van der Waals surface area contributed by atoms with E-state index in [1.807, 2.05) is 6.92 Å². The Morgan fingerprint density at radius 1 is 1.29 bits per heavy atom. The van der Waals surface area contributed by atoms with Crippen LogP contribution in [-0.4, -0.2) is 16.5 Å². The van der Waals surface area contributed by atoms with Crippen LogP contribution in [0, 0.1) is 9.39 Å². The number of aryl methyl sites for hydroxylation is 1. The summed E-state index contributed by atoms with van der Waals surface area (Å²) in [5.74, 6) is 1.17. The maximum absolute atomic E-state index is 13.2. The molecule has 2 rings (SSSR count). The predicted molar refractivity (Wildman–Crippen MR) is 96.0 cm³/mol. The molecule has 0 amide bonds. The van der Waals surface area contributed by atoms with Crippen LogP contribution in [0.2, 0.25) is 0 Å². The summed E-state index contributed by atoms with van der Waals surface area (Å²) in [7, 11) is 0. The van der Waals surface area contributed by atoms with Crippen LogP contribution in [0.5, 0.6) is 0 Å². The monoisotopic (exact) mass is 463 g/mol. The number of nitrogens with zero attached hydrogens (tertiary/aromatic N) is 2. The fourth-order valence-electron chi connectivity index (χ4n) is 1.97. The summed E-state index contributed by atoms with van der Waals surface area (Å²) in [5, 5.41) is 3.27. The molecule has 0 aliphatic rings. The molecule has 112 valence electrons. The van der Waals surface area contributed by atoms with Gasteiger partial charge in [-0.3, -0.25) is 0 Å². The van der Waals surface area contributed by atoms with Crippen LogP contribution in [0.3, 0.4) is 0 Å². The van der Waals surface area contributed by atoms with Crippen LogP contribution in [0.25, 0.3) is 11.4 Å². The first-order valence-corrected chi connectivity index (χ1v) is 8.69. The van der Waals surface area contributed by atoms with E-state index in [2.05, 4.69) is 60.7 Å². The van der Waals surface area contributed by atoms with Crippen LogP contribution in [-0.2, 0) is 6.42 Å². The molecule has 0 atom stereocenters. The Morgan fingerprint density at radius 2 is 2.05 bits per heavy atom. The molecule has 0 aliphatic carbocycles. The fraction of sp³-hybridized carbons (Fsp3) is 0.333. The van der Waals surface area contributed by atoms with Crippen molar-refractivity contribution in [1.29, 1.82) is 0 Å². The van der Waals surface area contributed by atoms with Gasteiger partial charge in [-0.25, -0.2) is 14.4 Å². The van der Waals surface area contributed by atoms with Crippen LogP contribution < -0.4 is 5.32 Å². The van der Waals surface area contributed by atoms with Gasteiger partial charge in [-0.15, -0.1) is 0 Å². The number of halogens is 3. The molecule has 1 aromatic heterocycles. The molecule has 0 fully saturated rings. The van der Waals surface area contributed by atoms with E-state index in [1.165, 1.54) is 12.1 Å². The second-order valence-electron chi connectivity index (χ2n) is 4.56. The lowest BCUT2D eigenvalue weighted by Gasteiger charge is -2.12. The summed E-state index contributed by atoms with van der Waals surface area (Å²) in [4.78, 5) is 9.24. The van der Waals surface area contributed by atoms with Gasteiger partial charge >= 0.3 is 0 Å². The Hall–Kier alpha value is -0.760. The molecule has 3 nitrogen and oxygen atoms in total. The molecule has 0 aliphatic heterocycles. The zero-order valence-corrected chi connectivity index (χ0v) is 15.6. The molecule has 0 bridgehead atoms. The average molecular weight is 464 g/mol. The number of nitrogens with one attached hydrogen (secondary N) is 1. The van der Waals surface area contributed by atoms with E-state index in [4.69, 9.17) is 0 Å². The van der Waals surface area contributed by atoms with Gasteiger partial charge in [0.1, 0.15) is 11.6 Å². The van der Waals surface area contributed by atoms with Crippen molar-refractivity contribution in [2.75, 3.05) is 11.9 Å². The second kappa shape index (κ2) is 7.49. The lowest BCUT2D eigenvalue weighted by atomic mass is 10.2. The molecule has 0 radical (unpaired) electrons. The second-order valence-corrected chi connectivity index (χ2v) is 6.49. The highest BCUT2D eigenvalue weighted by molar-refractivity contribution is 14.1. The van der Waals surface area contributed by atoms with Crippen molar-refractivity contribution in [2.45, 2.75) is 26.7 Å². The van der Waals surface area contributed by atoms with Gasteiger partial charge in [-0.1, -0.05) is 13.3 Å². The normalized spacial score (nSPS) is 10.7. The zero-order chi connectivity index (χ0) is 15.4. The highest BCUT2D eigenvalue weighted by atomic mass is 127. The zero-order valence-electron chi connectivity index (χ0n) is 11.9. The van der Waals surface area contributed by atoms with Crippen LogP contribution >= 0.6 is 38.5 Å². The van der Waals surface area contributed by atoms with Crippen LogP contribution in [0.1, 0.15) is 26.0 Å². The Kier molecular flexibility index (Phi) is 5.92. The van der Waals surface area contributed by atoms with Crippen LogP contribution in [0.4, 0.5) is 10.2 Å². The van der Waals surface area contributed by atoms with Crippen molar-refractivity contribution >= 4 is 44.3 Å². The van der Waals surface area contributed by atoms with E-state index in [0.717, 1.165) is 40.0 Å². The summed E-state index contributed by atoms with van der Waals surface area (Å²) in [5.41, 5.74) is 1.82. The minimum Gasteiger partial charge on any atom is -0.369 e. The first-order chi connectivity index (χ1) is 10.1. The molecule has 1 aromatic carbocycles. The third kappa shape index (κ3) is 3.91. The summed E-state index contributed by atoms with van der Waals surface area (Å²) in [6, 6.07) is 4.56. The van der Waals surface area contributed by atoms with Gasteiger partial charge in [0.05, 0.1) is 9.26 Å². The standard InChI is InChI=1S/C15H16BrFIN3/c1-3-5-12-13(18)15(19-4-2)21-14(20-12)10-7-6-9(17)8-11(10)16/h6-8H,3-5H2,1-2H3,(H,19,20,21). The molecule has 1 N–H and O–H groups in total. The van der Waals surface area contributed by atoms with Crippen molar-refractivity contribution < 1.29 is 4.39 Å². The summed E-state index contributed by atoms with van der Waals surface area (Å²) < 4.78 is 15.0. The molecule has 1 heterocycles. The molecule has 2 aromatic rings. The Morgan fingerprint density at radius 3 is 2.67 bits per heavy atom. The van der Waals surface area contributed by atoms with Crippen molar-refractivity contribution in [3.8, 4) is 11.4 Å². The smallest absolute Gasteiger partial charge is 0.162 e. The summed E-state index contributed by atoms with van der Waals surface area (Å²) in [6.45, 7) is 4.95. The quantitative estimate of drug-likeness (QED) is 0.631. The van der Waals surface area contributed by atoms with E-state index < -0.39 is 0 Å². The molecule has 0 unspecified atom stereocenters. The minimum absolute atomic E-state index is 0.281. The maximum atomic E-state index is 13.2. The van der Waals surface area contributed by atoms with E-state index >= 15 is 0 Å². The van der Waals surface area contributed by atoms with Gasteiger partial charge in [-0.05, 0) is 70.1 Å². The minimum atomic E-state index is -0.281. The number of hydrogen-bond donors (Lipinski definition) is 1. The largest absolute Gasteiger partial charge is 0.369 e. The molecule has 0 saturated heterocycles. The summed E-state index contributed by atoms with van der Waals surface area (Å²) in [6.07, 6.45) is 1.91. The highest BCUT2D eigenvalue weighted by Gasteiger charge is 2.14. The Bertz CT molecular complexity index is 622. The van der Waals surface area contributed by atoms with Crippen molar-refractivity contribution in [3.63, 3.8) is 0 Å². The van der Waals surface area contributed by atoms with Gasteiger partial charge in [0.25, 0.3) is 0 Å². The maximum Gasteiger partial charge on any atom is 0.162 e. The number of hydrogen-bond acceptors (Lipinski definition) is 3. The van der Waals surface area contributed by atoms with E-state index in [1.54, 1.807) is 6.07 Å². The number of aromatic nitrogens is 2. The number of anilines is 1. The van der Waals surface area contributed by atoms with E-state index in [9.17, 15) is 4.39 Å². The van der Waals surface area contributed by atoms with Gasteiger partial charge in [-0.2, -0.15) is 0 Å². The molecule has 6 heteroatoms. The predicted octanol–water partition coefficient (Wildman–Crippen LogP) is 5.03. The van der Waals surface area contributed by atoms with Gasteiger partial charge in [0.2, 0.25) is 0 Å². The Balaban J connectivity index is 2.56. The van der Waals surface area contributed by atoms with E-state index in [0.29, 0.717) is 10.3 Å². The molecular formula is C15H16BrFIN3. The highest BCUT2D eigenvalue weighted by Crippen LogP contribution is 2.30. The summed E-state index contributed by atoms with van der Waals surface area (Å²) >= 11 is 5.67. The Labute approximate surface area is 146 Å². The van der Waals surface area contributed by atoms with Gasteiger partial charge in [0.15, 0.2) is 5.82 Å². The SMILES string of the molecule is CCCc1nc(-c2ccc(F)cc2Br)nc(NCC)c1I. The van der Waals surface area contributed by atoms with Gasteiger partial charge < -0.3 is 5.32 Å². The first-order valence-electron chi connectivity index (χ1n) is 6.82. The van der Waals surface area contributed by atoms with E-state index in [-0.39, 0.29) is 5.82 Å². The van der Waals surface area contributed by atoms with Gasteiger partial charge in [0, 0.05) is 16.6 Å². The lowest BCUT2D eigenvalue weighted by Crippen LogP contribution is -2.08. The van der Waals surface area contributed by atoms with Crippen molar-refractivity contribution in [1.82, 2.24) is 9.97 Å².